The van der Waals surface area contributed by atoms with Crippen molar-refractivity contribution in [3.05, 3.63) is 41.0 Å². The van der Waals surface area contributed by atoms with Crippen molar-refractivity contribution in [1.82, 2.24) is 9.97 Å². The third kappa shape index (κ3) is 3.03. The monoisotopic (exact) mass is 319 g/mol. The summed E-state index contributed by atoms with van der Waals surface area (Å²) in [4.78, 5) is 22.0. The van der Waals surface area contributed by atoms with Crippen LogP contribution in [0.1, 0.15) is 10.4 Å². The Morgan fingerprint density at radius 1 is 1.23 bits per heavy atom. The number of hydrogen-bond acceptors (Lipinski definition) is 5. The summed E-state index contributed by atoms with van der Waals surface area (Å²) in [5, 5.41) is 9.93. The zero-order valence-electron chi connectivity index (χ0n) is 11.7. The van der Waals surface area contributed by atoms with E-state index in [9.17, 15) is 9.90 Å². The molecule has 1 saturated heterocycles. The van der Waals surface area contributed by atoms with Gasteiger partial charge in [0.25, 0.3) is 0 Å². The fraction of sp³-hybridized carbons (Fsp3) is 0.267. The maximum Gasteiger partial charge on any atom is 0.339 e. The van der Waals surface area contributed by atoms with Gasteiger partial charge >= 0.3 is 5.97 Å². The number of hydrogen-bond donors (Lipinski definition) is 1. The van der Waals surface area contributed by atoms with Gasteiger partial charge < -0.3 is 14.7 Å². The minimum atomic E-state index is -1.06. The molecule has 1 aliphatic heterocycles. The molecule has 6 nitrogen and oxygen atoms in total. The number of halogens is 1. The molecule has 0 bridgehead atoms. The zero-order valence-corrected chi connectivity index (χ0v) is 12.5. The first-order chi connectivity index (χ1) is 10.6. The highest BCUT2D eigenvalue weighted by Crippen LogP contribution is 2.25. The number of carbonyl (C=O) groups is 1. The molecule has 2 aromatic rings. The smallest absolute Gasteiger partial charge is 0.339 e. The topological polar surface area (TPSA) is 75.5 Å². The summed E-state index contributed by atoms with van der Waals surface area (Å²) in [6.45, 7) is 2.60. The standard InChI is InChI=1S/C15H14ClN3O3/c16-11-3-1-10(2-4-11)13-12(14(20)21)9-17-15(18-13)19-5-7-22-8-6-19/h1-4,9H,5-8H2,(H,20,21). The summed E-state index contributed by atoms with van der Waals surface area (Å²) >= 11 is 5.88. The van der Waals surface area contributed by atoms with Crippen LogP contribution in [0.2, 0.25) is 5.02 Å². The van der Waals surface area contributed by atoms with Crippen LogP contribution in [-0.2, 0) is 4.74 Å². The molecule has 1 aliphatic rings. The fourth-order valence-electron chi connectivity index (χ4n) is 2.27. The Hall–Kier alpha value is -2.18. The summed E-state index contributed by atoms with van der Waals surface area (Å²) in [6, 6.07) is 6.92. The van der Waals surface area contributed by atoms with E-state index in [2.05, 4.69) is 9.97 Å². The summed E-state index contributed by atoms with van der Waals surface area (Å²) in [5.41, 5.74) is 1.15. The van der Waals surface area contributed by atoms with Crippen LogP contribution in [0.3, 0.4) is 0 Å². The summed E-state index contributed by atoms with van der Waals surface area (Å²) in [6.07, 6.45) is 1.35. The lowest BCUT2D eigenvalue weighted by atomic mass is 10.1. The van der Waals surface area contributed by atoms with Crippen molar-refractivity contribution in [3.8, 4) is 11.3 Å². The number of nitrogens with zero attached hydrogens (tertiary/aromatic N) is 3. The van der Waals surface area contributed by atoms with Crippen molar-refractivity contribution < 1.29 is 14.6 Å². The molecule has 1 fully saturated rings. The van der Waals surface area contributed by atoms with Crippen LogP contribution in [0.15, 0.2) is 30.5 Å². The van der Waals surface area contributed by atoms with Crippen LogP contribution in [0.5, 0.6) is 0 Å². The Kier molecular flexibility index (Phi) is 4.22. The molecule has 0 atom stereocenters. The highest BCUT2D eigenvalue weighted by Gasteiger charge is 2.19. The van der Waals surface area contributed by atoms with E-state index in [4.69, 9.17) is 16.3 Å². The first-order valence-corrected chi connectivity index (χ1v) is 7.22. The molecule has 22 heavy (non-hydrogen) atoms. The largest absolute Gasteiger partial charge is 0.478 e. The molecule has 2 heterocycles. The lowest BCUT2D eigenvalue weighted by Gasteiger charge is -2.27. The third-order valence-electron chi connectivity index (χ3n) is 3.42. The van der Waals surface area contributed by atoms with E-state index < -0.39 is 5.97 Å². The number of morpholine rings is 1. The van der Waals surface area contributed by atoms with E-state index >= 15 is 0 Å². The molecule has 114 valence electrons. The molecule has 0 amide bonds. The van der Waals surface area contributed by atoms with Crippen LogP contribution in [0.4, 0.5) is 5.95 Å². The van der Waals surface area contributed by atoms with Gasteiger partial charge in [-0.15, -0.1) is 0 Å². The Balaban J connectivity index is 2.04. The van der Waals surface area contributed by atoms with Gasteiger partial charge in [-0.05, 0) is 12.1 Å². The van der Waals surface area contributed by atoms with Gasteiger partial charge in [-0.2, -0.15) is 0 Å². The van der Waals surface area contributed by atoms with Crippen LogP contribution >= 0.6 is 11.6 Å². The van der Waals surface area contributed by atoms with Crippen molar-refractivity contribution in [1.29, 1.82) is 0 Å². The number of aromatic nitrogens is 2. The summed E-state index contributed by atoms with van der Waals surface area (Å²) in [7, 11) is 0. The molecule has 0 aliphatic carbocycles. The van der Waals surface area contributed by atoms with Gasteiger partial charge in [-0.3, -0.25) is 0 Å². The highest BCUT2D eigenvalue weighted by molar-refractivity contribution is 6.30. The van der Waals surface area contributed by atoms with Crippen LogP contribution in [0, 0.1) is 0 Å². The van der Waals surface area contributed by atoms with Gasteiger partial charge in [-0.25, -0.2) is 14.8 Å². The second kappa shape index (κ2) is 6.29. The molecular formula is C15H14ClN3O3. The molecule has 0 radical (unpaired) electrons. The Bertz CT molecular complexity index is 685. The predicted molar refractivity (Wildman–Crippen MR) is 82.5 cm³/mol. The Morgan fingerprint density at radius 3 is 2.55 bits per heavy atom. The summed E-state index contributed by atoms with van der Waals surface area (Å²) < 4.78 is 5.31. The Morgan fingerprint density at radius 2 is 1.91 bits per heavy atom. The minimum absolute atomic E-state index is 0.0688. The van der Waals surface area contributed by atoms with Crippen molar-refractivity contribution in [2.45, 2.75) is 0 Å². The number of rotatable bonds is 3. The SMILES string of the molecule is O=C(O)c1cnc(N2CCOCC2)nc1-c1ccc(Cl)cc1. The first kappa shape index (κ1) is 14.7. The predicted octanol–water partition coefficient (Wildman–Crippen LogP) is 2.33. The van der Waals surface area contributed by atoms with E-state index in [1.54, 1.807) is 24.3 Å². The van der Waals surface area contributed by atoms with Crippen molar-refractivity contribution >= 4 is 23.5 Å². The molecule has 1 aromatic heterocycles. The van der Waals surface area contributed by atoms with Crippen LogP contribution in [-0.4, -0.2) is 47.3 Å². The molecular weight excluding hydrogens is 306 g/mol. The number of aromatic carboxylic acids is 1. The number of anilines is 1. The van der Waals surface area contributed by atoms with Gasteiger partial charge in [0.2, 0.25) is 5.95 Å². The van der Waals surface area contributed by atoms with Crippen molar-refractivity contribution in [2.75, 3.05) is 31.2 Å². The fourth-order valence-corrected chi connectivity index (χ4v) is 2.40. The van der Waals surface area contributed by atoms with E-state index in [-0.39, 0.29) is 5.56 Å². The van der Waals surface area contributed by atoms with E-state index in [0.717, 1.165) is 0 Å². The average molecular weight is 320 g/mol. The van der Waals surface area contributed by atoms with Gasteiger partial charge in [-0.1, -0.05) is 23.7 Å². The summed E-state index contributed by atoms with van der Waals surface area (Å²) in [5.74, 6) is -0.545. The first-order valence-electron chi connectivity index (χ1n) is 6.84. The van der Waals surface area contributed by atoms with Gasteiger partial charge in [0.05, 0.1) is 18.9 Å². The zero-order chi connectivity index (χ0) is 15.5. The lowest BCUT2D eigenvalue weighted by Crippen LogP contribution is -2.37. The molecule has 7 heteroatoms. The molecule has 3 rings (SSSR count). The van der Waals surface area contributed by atoms with Crippen molar-refractivity contribution in [3.63, 3.8) is 0 Å². The second-order valence-electron chi connectivity index (χ2n) is 4.84. The molecule has 1 aromatic carbocycles. The van der Waals surface area contributed by atoms with E-state index in [1.165, 1.54) is 6.20 Å². The number of ether oxygens (including phenoxy) is 1. The van der Waals surface area contributed by atoms with Crippen molar-refractivity contribution in [2.24, 2.45) is 0 Å². The van der Waals surface area contributed by atoms with Gasteiger partial charge in [0, 0.05) is 29.9 Å². The van der Waals surface area contributed by atoms with E-state index in [0.29, 0.717) is 48.5 Å². The highest BCUT2D eigenvalue weighted by atomic mass is 35.5. The quantitative estimate of drug-likeness (QED) is 0.935. The van der Waals surface area contributed by atoms with Crippen LogP contribution in [0.25, 0.3) is 11.3 Å². The second-order valence-corrected chi connectivity index (χ2v) is 5.28. The molecule has 1 N–H and O–H groups in total. The maximum atomic E-state index is 11.4. The van der Waals surface area contributed by atoms with Gasteiger partial charge in [0.1, 0.15) is 5.56 Å². The number of carboxylic acid groups (broad SMARTS) is 1. The Labute approximate surface area is 132 Å². The van der Waals surface area contributed by atoms with E-state index in [1.807, 2.05) is 4.90 Å². The lowest BCUT2D eigenvalue weighted by molar-refractivity contribution is 0.0697. The molecule has 0 spiro atoms. The van der Waals surface area contributed by atoms with Gasteiger partial charge in [0.15, 0.2) is 0 Å². The average Bonchev–Trinajstić information content (AvgIpc) is 2.56. The number of carboxylic acids is 1. The number of benzene rings is 1. The molecule has 0 saturated carbocycles. The third-order valence-corrected chi connectivity index (χ3v) is 3.67. The van der Waals surface area contributed by atoms with Crippen LogP contribution < -0.4 is 4.90 Å². The maximum absolute atomic E-state index is 11.4. The minimum Gasteiger partial charge on any atom is -0.478 e. The molecule has 0 unspecified atom stereocenters. The normalized spacial score (nSPS) is 14.9.